The lowest BCUT2D eigenvalue weighted by Gasteiger charge is -2.59. The number of carbonyl (C=O) groups excluding carboxylic acids is 1. The van der Waals surface area contributed by atoms with E-state index in [9.17, 15) is 15.0 Å². The predicted molar refractivity (Wildman–Crippen MR) is 84.1 cm³/mol. The molecule has 0 unspecified atom stereocenters. The van der Waals surface area contributed by atoms with Crippen molar-refractivity contribution in [3.8, 4) is 0 Å². The Morgan fingerprint density at radius 3 is 2.50 bits per heavy atom. The van der Waals surface area contributed by atoms with Crippen LogP contribution < -0.4 is 0 Å². The van der Waals surface area contributed by atoms with Gasteiger partial charge in [-0.25, -0.2) is 0 Å². The summed E-state index contributed by atoms with van der Waals surface area (Å²) >= 11 is 0. The van der Waals surface area contributed by atoms with E-state index in [0.717, 1.165) is 32.1 Å². The molecule has 4 fully saturated rings. The van der Waals surface area contributed by atoms with Crippen molar-refractivity contribution in [1.82, 2.24) is 0 Å². The minimum absolute atomic E-state index is 0.0987. The summed E-state index contributed by atoms with van der Waals surface area (Å²) < 4.78 is 0. The lowest BCUT2D eigenvalue weighted by molar-refractivity contribution is -0.144. The minimum Gasteiger partial charge on any atom is -0.393 e. The van der Waals surface area contributed by atoms with Crippen molar-refractivity contribution in [2.45, 2.75) is 77.4 Å². The van der Waals surface area contributed by atoms with Gasteiger partial charge >= 0.3 is 0 Å². The van der Waals surface area contributed by atoms with Crippen molar-refractivity contribution in [3.05, 3.63) is 0 Å². The van der Waals surface area contributed by atoms with Gasteiger partial charge in [-0.05, 0) is 80.5 Å². The smallest absolute Gasteiger partial charge is 0.167 e. The second kappa shape index (κ2) is 4.80. The first-order valence-corrected chi connectivity index (χ1v) is 9.26. The zero-order valence-corrected chi connectivity index (χ0v) is 13.9. The van der Waals surface area contributed by atoms with Gasteiger partial charge in [0, 0.05) is 5.41 Å². The number of hydrogen-bond acceptors (Lipinski definition) is 3. The Morgan fingerprint density at radius 2 is 1.73 bits per heavy atom. The first kappa shape index (κ1) is 15.1. The fourth-order valence-corrected chi connectivity index (χ4v) is 7.02. The minimum atomic E-state index is -0.715. The summed E-state index contributed by atoms with van der Waals surface area (Å²) in [7, 11) is 0. The third-order valence-electron chi connectivity index (χ3n) is 8.37. The van der Waals surface area contributed by atoms with E-state index in [1.54, 1.807) is 0 Å². The maximum absolute atomic E-state index is 12.5. The van der Waals surface area contributed by atoms with E-state index in [1.807, 2.05) is 0 Å². The molecule has 4 aliphatic rings. The average Bonchev–Trinajstić information content (AvgIpc) is 2.72. The summed E-state index contributed by atoms with van der Waals surface area (Å²) in [5, 5.41) is 20.2. The van der Waals surface area contributed by atoms with Gasteiger partial charge in [0.1, 0.15) is 6.10 Å². The Labute approximate surface area is 133 Å². The quantitative estimate of drug-likeness (QED) is 0.723. The maximum Gasteiger partial charge on any atom is 0.167 e. The molecule has 124 valence electrons. The molecule has 2 N–H and O–H groups in total. The lowest BCUT2D eigenvalue weighted by atomic mass is 9.45. The molecule has 0 aromatic heterocycles. The summed E-state index contributed by atoms with van der Waals surface area (Å²) in [5.41, 5.74) is 0.0814. The van der Waals surface area contributed by atoms with E-state index < -0.39 is 6.10 Å². The van der Waals surface area contributed by atoms with Crippen molar-refractivity contribution >= 4 is 5.78 Å². The standard InChI is InChI=1S/C19H30O3/c1-18-7-5-12(20)9-11(18)3-4-13-14(18)6-8-19(2)15(13)10-16(21)17(19)22/h11-16,20-21H,3-10H2,1-2H3/t11-,12+,13-,14+,15+,16-,18+,19+/m1/s1. The highest BCUT2D eigenvalue weighted by Crippen LogP contribution is 2.65. The van der Waals surface area contributed by atoms with Crippen LogP contribution in [-0.2, 0) is 4.79 Å². The van der Waals surface area contributed by atoms with Crippen LogP contribution in [-0.4, -0.2) is 28.2 Å². The summed E-state index contributed by atoms with van der Waals surface area (Å²) in [6, 6.07) is 0. The largest absolute Gasteiger partial charge is 0.393 e. The highest BCUT2D eigenvalue weighted by atomic mass is 16.3. The van der Waals surface area contributed by atoms with Gasteiger partial charge in [0.2, 0.25) is 0 Å². The van der Waals surface area contributed by atoms with Crippen molar-refractivity contribution in [2.24, 2.45) is 34.5 Å². The summed E-state index contributed by atoms with van der Waals surface area (Å²) in [4.78, 5) is 12.5. The Balaban J connectivity index is 1.64. The molecule has 4 aliphatic carbocycles. The predicted octanol–water partition coefficient (Wildman–Crippen LogP) is 2.93. The molecule has 22 heavy (non-hydrogen) atoms. The second-order valence-corrected chi connectivity index (χ2v) is 9.16. The number of ketones is 1. The SMILES string of the molecule is C[C@]12CC[C@H](O)C[C@H]1CC[C@@H]1[C@@H]2CC[C@]2(C)C(=O)[C@H](O)C[C@@H]12. The highest BCUT2D eigenvalue weighted by molar-refractivity contribution is 5.91. The molecule has 0 bridgehead atoms. The Hall–Kier alpha value is -0.410. The first-order chi connectivity index (χ1) is 10.4. The number of rotatable bonds is 0. The number of Topliss-reactive ketones (excluding diaryl/α,β-unsaturated/α-hetero) is 1. The van der Waals surface area contributed by atoms with Gasteiger partial charge in [0.05, 0.1) is 6.10 Å². The van der Waals surface area contributed by atoms with Crippen LogP contribution in [0.25, 0.3) is 0 Å². The van der Waals surface area contributed by atoms with Crippen LogP contribution in [0.1, 0.15) is 65.2 Å². The zero-order chi connectivity index (χ0) is 15.7. The van der Waals surface area contributed by atoms with Gasteiger partial charge in [0.15, 0.2) is 5.78 Å². The summed E-state index contributed by atoms with van der Waals surface area (Å²) in [5.74, 6) is 2.45. The summed E-state index contributed by atoms with van der Waals surface area (Å²) in [6.45, 7) is 4.57. The zero-order valence-electron chi connectivity index (χ0n) is 13.9. The number of fused-ring (bicyclic) bond motifs is 5. The molecule has 0 amide bonds. The topological polar surface area (TPSA) is 57.5 Å². The monoisotopic (exact) mass is 306 g/mol. The lowest BCUT2D eigenvalue weighted by Crippen LogP contribution is -2.54. The van der Waals surface area contributed by atoms with Gasteiger partial charge in [-0.2, -0.15) is 0 Å². The molecule has 0 aromatic carbocycles. The van der Waals surface area contributed by atoms with Gasteiger partial charge in [-0.15, -0.1) is 0 Å². The van der Waals surface area contributed by atoms with Crippen molar-refractivity contribution in [1.29, 1.82) is 0 Å². The molecule has 0 aromatic rings. The number of carbonyl (C=O) groups is 1. The van der Waals surface area contributed by atoms with Crippen LogP contribution in [0, 0.1) is 34.5 Å². The molecule has 0 heterocycles. The number of aliphatic hydroxyl groups excluding tert-OH is 2. The van der Waals surface area contributed by atoms with Crippen LogP contribution in [0.3, 0.4) is 0 Å². The number of hydrogen-bond donors (Lipinski definition) is 2. The maximum atomic E-state index is 12.5. The molecule has 8 atom stereocenters. The van der Waals surface area contributed by atoms with Crippen molar-refractivity contribution < 1.29 is 15.0 Å². The third-order valence-corrected chi connectivity index (χ3v) is 8.37. The molecule has 4 rings (SSSR count). The second-order valence-electron chi connectivity index (χ2n) is 9.16. The number of aliphatic hydroxyl groups is 2. The molecule has 3 nitrogen and oxygen atoms in total. The average molecular weight is 306 g/mol. The van der Waals surface area contributed by atoms with E-state index in [1.165, 1.54) is 12.8 Å². The molecule has 4 saturated carbocycles. The first-order valence-electron chi connectivity index (χ1n) is 9.26. The van der Waals surface area contributed by atoms with E-state index in [2.05, 4.69) is 13.8 Å². The molecule has 0 radical (unpaired) electrons. The molecule has 3 heteroatoms. The fraction of sp³-hybridized carbons (Fsp3) is 0.947. The van der Waals surface area contributed by atoms with Crippen LogP contribution in [0.2, 0.25) is 0 Å². The van der Waals surface area contributed by atoms with Gasteiger partial charge in [-0.1, -0.05) is 13.8 Å². The highest BCUT2D eigenvalue weighted by Gasteiger charge is 2.62. The van der Waals surface area contributed by atoms with Gasteiger partial charge in [0.25, 0.3) is 0 Å². The van der Waals surface area contributed by atoms with Crippen molar-refractivity contribution in [2.75, 3.05) is 0 Å². The van der Waals surface area contributed by atoms with Crippen molar-refractivity contribution in [3.63, 3.8) is 0 Å². The fourth-order valence-electron chi connectivity index (χ4n) is 7.02. The summed E-state index contributed by atoms with van der Waals surface area (Å²) in [6.07, 6.45) is 7.43. The molecule has 0 saturated heterocycles. The molecular formula is C19H30O3. The van der Waals surface area contributed by atoms with E-state index in [0.29, 0.717) is 35.5 Å². The van der Waals surface area contributed by atoms with Crippen LogP contribution in [0.4, 0.5) is 0 Å². The van der Waals surface area contributed by atoms with E-state index in [-0.39, 0.29) is 17.3 Å². The normalized spacial score (nSPS) is 57.9. The third kappa shape index (κ3) is 1.84. The Bertz CT molecular complexity index is 489. The van der Waals surface area contributed by atoms with Crippen LogP contribution in [0.5, 0.6) is 0 Å². The molecular weight excluding hydrogens is 276 g/mol. The van der Waals surface area contributed by atoms with Gasteiger partial charge in [-0.3, -0.25) is 4.79 Å². The van der Waals surface area contributed by atoms with Crippen LogP contribution in [0.15, 0.2) is 0 Å². The Morgan fingerprint density at radius 1 is 0.955 bits per heavy atom. The molecule has 0 spiro atoms. The Kier molecular flexibility index (Phi) is 3.30. The van der Waals surface area contributed by atoms with Gasteiger partial charge < -0.3 is 10.2 Å². The van der Waals surface area contributed by atoms with Crippen LogP contribution >= 0.6 is 0 Å². The molecule has 0 aliphatic heterocycles. The van der Waals surface area contributed by atoms with E-state index in [4.69, 9.17) is 0 Å². The van der Waals surface area contributed by atoms with E-state index >= 15 is 0 Å².